The van der Waals surface area contributed by atoms with Gasteiger partial charge in [0.05, 0.1) is 0 Å². The van der Waals surface area contributed by atoms with Gasteiger partial charge in [-0.1, -0.05) is 18.2 Å². The van der Waals surface area contributed by atoms with Crippen molar-refractivity contribution < 1.29 is 0 Å². The van der Waals surface area contributed by atoms with Crippen LogP contribution >= 0.6 is 0 Å². The first kappa shape index (κ1) is 16.9. The summed E-state index contributed by atoms with van der Waals surface area (Å²) < 4.78 is 0. The van der Waals surface area contributed by atoms with Crippen LogP contribution in [0.1, 0.15) is 25.0 Å². The lowest BCUT2D eigenvalue weighted by atomic mass is 10.2. The third-order valence-corrected chi connectivity index (χ3v) is 3.64. The molecule has 0 spiro atoms. The van der Waals surface area contributed by atoms with Crippen LogP contribution in [0.2, 0.25) is 0 Å². The molecule has 0 saturated heterocycles. The number of hydrogen-bond donors (Lipinski definition) is 0. The quantitative estimate of drug-likeness (QED) is 0.786. The molecule has 0 saturated carbocycles. The second-order valence-electron chi connectivity index (χ2n) is 5.51. The van der Waals surface area contributed by atoms with E-state index in [1.165, 1.54) is 5.56 Å². The van der Waals surface area contributed by atoms with Crippen LogP contribution in [0.25, 0.3) is 6.08 Å². The van der Waals surface area contributed by atoms with Crippen LogP contribution in [-0.2, 0) is 6.42 Å². The highest BCUT2D eigenvalue weighted by Gasteiger charge is 2.03. The number of pyridine rings is 1. The van der Waals surface area contributed by atoms with Gasteiger partial charge < -0.3 is 9.80 Å². The lowest BCUT2D eigenvalue weighted by Crippen LogP contribution is -2.23. The van der Waals surface area contributed by atoms with Crippen molar-refractivity contribution in [2.75, 3.05) is 37.0 Å². The fraction of sp³-hybridized carbons (Fsp3) is 0.389. The molecule has 0 radical (unpaired) electrons. The summed E-state index contributed by atoms with van der Waals surface area (Å²) >= 11 is 0. The van der Waals surface area contributed by atoms with Crippen LogP contribution in [0.5, 0.6) is 0 Å². The Morgan fingerprint density at radius 3 is 2.17 bits per heavy atom. The van der Waals surface area contributed by atoms with Gasteiger partial charge in [-0.2, -0.15) is 0 Å². The summed E-state index contributed by atoms with van der Waals surface area (Å²) in [4.78, 5) is 17.4. The molecular formula is C18H25N5. The van der Waals surface area contributed by atoms with Crippen LogP contribution in [0.4, 0.5) is 11.8 Å². The minimum absolute atomic E-state index is 0.788. The van der Waals surface area contributed by atoms with E-state index in [9.17, 15) is 0 Å². The van der Waals surface area contributed by atoms with Crippen molar-refractivity contribution in [1.82, 2.24) is 15.0 Å². The zero-order chi connectivity index (χ0) is 16.7. The Morgan fingerprint density at radius 2 is 1.65 bits per heavy atom. The number of rotatable bonds is 7. The number of allylic oxidation sites excluding steroid dienone is 1. The number of nitrogens with zero attached hydrogens (tertiary/aromatic N) is 5. The molecule has 0 bridgehead atoms. The monoisotopic (exact) mass is 311 g/mol. The minimum atomic E-state index is 0.788. The van der Waals surface area contributed by atoms with E-state index in [2.05, 4.69) is 45.8 Å². The molecule has 0 aliphatic heterocycles. The van der Waals surface area contributed by atoms with Gasteiger partial charge in [-0.15, -0.1) is 0 Å². The summed E-state index contributed by atoms with van der Waals surface area (Å²) in [5, 5.41) is 0. The molecule has 2 rings (SSSR count). The first-order valence-electron chi connectivity index (χ1n) is 7.99. The van der Waals surface area contributed by atoms with E-state index < -0.39 is 0 Å². The van der Waals surface area contributed by atoms with Crippen LogP contribution in [0.3, 0.4) is 0 Å². The van der Waals surface area contributed by atoms with Crippen LogP contribution in [0, 0.1) is 0 Å². The molecule has 0 amide bonds. The maximum absolute atomic E-state index is 4.42. The molecular weight excluding hydrogens is 286 g/mol. The van der Waals surface area contributed by atoms with E-state index >= 15 is 0 Å². The van der Waals surface area contributed by atoms with Crippen LogP contribution < -0.4 is 9.80 Å². The lowest BCUT2D eigenvalue weighted by molar-refractivity contribution is 0.820. The second-order valence-corrected chi connectivity index (χ2v) is 5.51. The third kappa shape index (κ3) is 4.77. The SMILES string of the molecule is CCN(CC)c1ncc(/C=C\Cc2ccc(N(C)C)nc2)cn1. The van der Waals surface area contributed by atoms with E-state index in [-0.39, 0.29) is 0 Å². The van der Waals surface area contributed by atoms with Gasteiger partial charge in [-0.05, 0) is 31.9 Å². The van der Waals surface area contributed by atoms with Gasteiger partial charge >= 0.3 is 0 Å². The van der Waals surface area contributed by atoms with Gasteiger partial charge in [-0.25, -0.2) is 15.0 Å². The first-order valence-corrected chi connectivity index (χ1v) is 7.99. The first-order chi connectivity index (χ1) is 11.1. The van der Waals surface area contributed by atoms with E-state index in [1.54, 1.807) is 0 Å². The maximum Gasteiger partial charge on any atom is 0.225 e. The molecule has 2 aromatic rings. The molecule has 5 heteroatoms. The summed E-state index contributed by atoms with van der Waals surface area (Å²) in [6, 6.07) is 4.14. The number of aromatic nitrogens is 3. The Balaban J connectivity index is 1.95. The predicted octanol–water partition coefficient (Wildman–Crippen LogP) is 3.04. The average Bonchev–Trinajstić information content (AvgIpc) is 2.58. The molecule has 0 fully saturated rings. The Bertz CT molecular complexity index is 613. The van der Waals surface area contributed by atoms with Crippen molar-refractivity contribution in [3.05, 3.63) is 47.9 Å². The number of anilines is 2. The highest BCUT2D eigenvalue weighted by Crippen LogP contribution is 2.10. The van der Waals surface area contributed by atoms with Gasteiger partial charge in [0.2, 0.25) is 5.95 Å². The second kappa shape index (κ2) is 8.27. The molecule has 0 atom stereocenters. The van der Waals surface area contributed by atoms with Crippen molar-refractivity contribution in [1.29, 1.82) is 0 Å². The minimum Gasteiger partial charge on any atom is -0.363 e. The summed E-state index contributed by atoms with van der Waals surface area (Å²) in [7, 11) is 3.98. The van der Waals surface area contributed by atoms with Gasteiger partial charge in [0.15, 0.2) is 0 Å². The van der Waals surface area contributed by atoms with Crippen molar-refractivity contribution in [3.63, 3.8) is 0 Å². The highest BCUT2D eigenvalue weighted by molar-refractivity contribution is 5.48. The van der Waals surface area contributed by atoms with E-state index in [0.717, 1.165) is 36.8 Å². The third-order valence-electron chi connectivity index (χ3n) is 3.64. The molecule has 0 aliphatic carbocycles. The van der Waals surface area contributed by atoms with E-state index in [1.807, 2.05) is 49.7 Å². The zero-order valence-corrected chi connectivity index (χ0v) is 14.4. The normalized spacial score (nSPS) is 11.0. The molecule has 122 valence electrons. The zero-order valence-electron chi connectivity index (χ0n) is 14.4. The topological polar surface area (TPSA) is 45.2 Å². The average molecular weight is 311 g/mol. The Hall–Kier alpha value is -2.43. The maximum atomic E-state index is 4.42. The lowest BCUT2D eigenvalue weighted by Gasteiger charge is -2.17. The molecule has 23 heavy (non-hydrogen) atoms. The van der Waals surface area contributed by atoms with E-state index in [0.29, 0.717) is 0 Å². The van der Waals surface area contributed by atoms with Crippen molar-refractivity contribution >= 4 is 17.8 Å². The largest absolute Gasteiger partial charge is 0.363 e. The van der Waals surface area contributed by atoms with Crippen molar-refractivity contribution in [2.45, 2.75) is 20.3 Å². The summed E-state index contributed by atoms with van der Waals surface area (Å²) in [5.74, 6) is 1.76. The summed E-state index contributed by atoms with van der Waals surface area (Å²) in [5.41, 5.74) is 2.20. The Kier molecular flexibility index (Phi) is 6.09. The van der Waals surface area contributed by atoms with Gasteiger partial charge in [0.25, 0.3) is 0 Å². The van der Waals surface area contributed by atoms with Crippen molar-refractivity contribution in [3.8, 4) is 0 Å². The van der Waals surface area contributed by atoms with Crippen LogP contribution in [0.15, 0.2) is 36.8 Å². The standard InChI is InChI=1S/C18H25N5/c1-5-23(6-2)18-20-13-16(14-21-18)9-7-8-15-10-11-17(19-12-15)22(3)4/h7,9-14H,5-6,8H2,1-4H3/b9-7-. The molecule has 0 aliphatic rings. The van der Waals surface area contributed by atoms with Crippen LogP contribution in [-0.4, -0.2) is 42.1 Å². The molecule has 2 heterocycles. The molecule has 0 aromatic carbocycles. The Morgan fingerprint density at radius 1 is 0.957 bits per heavy atom. The number of hydrogen-bond acceptors (Lipinski definition) is 5. The smallest absolute Gasteiger partial charge is 0.225 e. The summed E-state index contributed by atoms with van der Waals surface area (Å²) in [6.45, 7) is 6.05. The fourth-order valence-electron chi connectivity index (χ4n) is 2.22. The van der Waals surface area contributed by atoms with Gasteiger partial charge in [0.1, 0.15) is 5.82 Å². The van der Waals surface area contributed by atoms with E-state index in [4.69, 9.17) is 0 Å². The van der Waals surface area contributed by atoms with Gasteiger partial charge in [0, 0.05) is 51.3 Å². The highest BCUT2D eigenvalue weighted by atomic mass is 15.2. The van der Waals surface area contributed by atoms with Crippen molar-refractivity contribution in [2.24, 2.45) is 0 Å². The molecule has 0 N–H and O–H groups in total. The summed E-state index contributed by atoms with van der Waals surface area (Å²) in [6.07, 6.45) is 10.7. The molecule has 5 nitrogen and oxygen atoms in total. The molecule has 0 unspecified atom stereocenters. The predicted molar refractivity (Wildman–Crippen MR) is 96.9 cm³/mol. The fourth-order valence-corrected chi connectivity index (χ4v) is 2.22. The van der Waals surface area contributed by atoms with Gasteiger partial charge in [-0.3, -0.25) is 0 Å². The molecule has 2 aromatic heterocycles. The Labute approximate surface area is 138 Å².